The van der Waals surface area contributed by atoms with Gasteiger partial charge in [0, 0.05) is 12.5 Å². The van der Waals surface area contributed by atoms with Crippen LogP contribution < -0.4 is 10.5 Å². The van der Waals surface area contributed by atoms with E-state index in [-0.39, 0.29) is 11.6 Å². The fourth-order valence-corrected chi connectivity index (χ4v) is 1.69. The lowest BCUT2D eigenvalue weighted by atomic mass is 10.2. The minimum atomic E-state index is -0.392. The highest BCUT2D eigenvalue weighted by molar-refractivity contribution is 5.37. The first-order valence-electron chi connectivity index (χ1n) is 6.16. The second kappa shape index (κ2) is 5.65. The largest absolute Gasteiger partial charge is 0.436 e. The zero-order chi connectivity index (χ0) is 13.8. The van der Waals surface area contributed by atoms with Gasteiger partial charge in [-0.05, 0) is 25.0 Å². The first-order chi connectivity index (χ1) is 9.10. The molecule has 0 spiro atoms. The lowest BCUT2D eigenvalue weighted by Crippen LogP contribution is -2.02. The van der Waals surface area contributed by atoms with E-state index in [4.69, 9.17) is 10.5 Å². The Morgan fingerprint density at radius 3 is 2.84 bits per heavy atom. The maximum absolute atomic E-state index is 13.8. The van der Waals surface area contributed by atoms with Gasteiger partial charge in [0.2, 0.25) is 5.88 Å². The summed E-state index contributed by atoms with van der Waals surface area (Å²) >= 11 is 0. The topological polar surface area (TPSA) is 61.0 Å². The Morgan fingerprint density at radius 2 is 2.11 bits per heavy atom. The van der Waals surface area contributed by atoms with Gasteiger partial charge < -0.3 is 10.5 Å². The number of nitrogen functional groups attached to an aromatic ring is 1. The number of ether oxygens (including phenoxy) is 1. The second-order valence-electron chi connectivity index (χ2n) is 4.29. The molecule has 2 rings (SSSR count). The van der Waals surface area contributed by atoms with Gasteiger partial charge in [0.15, 0.2) is 11.6 Å². The van der Waals surface area contributed by atoms with Gasteiger partial charge in [-0.3, -0.25) is 0 Å². The molecule has 0 saturated carbocycles. The van der Waals surface area contributed by atoms with E-state index in [1.165, 1.54) is 6.07 Å². The Kier molecular flexibility index (Phi) is 3.94. The van der Waals surface area contributed by atoms with Crippen LogP contribution in [-0.4, -0.2) is 9.97 Å². The summed E-state index contributed by atoms with van der Waals surface area (Å²) < 4.78 is 19.3. The van der Waals surface area contributed by atoms with Gasteiger partial charge >= 0.3 is 0 Å². The van der Waals surface area contributed by atoms with Crippen molar-refractivity contribution < 1.29 is 9.13 Å². The van der Waals surface area contributed by atoms with Crippen molar-refractivity contribution in [1.82, 2.24) is 9.97 Å². The van der Waals surface area contributed by atoms with Gasteiger partial charge in [0.25, 0.3) is 0 Å². The Bertz CT molecular complexity index is 587. The monoisotopic (exact) mass is 261 g/mol. The quantitative estimate of drug-likeness (QED) is 0.917. The fourth-order valence-electron chi connectivity index (χ4n) is 1.69. The van der Waals surface area contributed by atoms with Crippen molar-refractivity contribution in [1.29, 1.82) is 0 Å². The van der Waals surface area contributed by atoms with Crippen molar-refractivity contribution in [2.24, 2.45) is 0 Å². The zero-order valence-electron chi connectivity index (χ0n) is 11.0. The van der Waals surface area contributed by atoms with Crippen molar-refractivity contribution in [3.05, 3.63) is 41.5 Å². The third-order valence-corrected chi connectivity index (χ3v) is 2.61. The van der Waals surface area contributed by atoms with E-state index in [0.717, 1.165) is 6.42 Å². The number of halogens is 1. The summed E-state index contributed by atoms with van der Waals surface area (Å²) in [6.45, 7) is 3.70. The average molecular weight is 261 g/mol. The van der Waals surface area contributed by atoms with Gasteiger partial charge in [-0.2, -0.15) is 4.98 Å². The van der Waals surface area contributed by atoms with Crippen LogP contribution in [0.1, 0.15) is 24.7 Å². The number of nitrogens with zero attached hydrogens (tertiary/aromatic N) is 2. The Balaban J connectivity index is 2.30. The molecule has 2 N–H and O–H groups in total. The SMILES string of the molecule is CCCc1nc(N)cc(Oc2cccc(C)c2F)n1. The Hall–Kier alpha value is -2.17. The molecule has 0 aliphatic rings. The lowest BCUT2D eigenvalue weighted by Gasteiger charge is -2.09. The molecular formula is C14H16FN3O. The molecule has 0 radical (unpaired) electrons. The molecule has 2 aromatic rings. The number of anilines is 1. The standard InChI is InChI=1S/C14H16FN3O/c1-3-5-12-17-11(16)8-13(18-12)19-10-7-4-6-9(2)14(10)15/h4,6-8H,3,5H2,1-2H3,(H2,16,17,18). The molecule has 0 saturated heterocycles. The van der Waals surface area contributed by atoms with E-state index in [9.17, 15) is 4.39 Å². The number of aromatic nitrogens is 2. The van der Waals surface area contributed by atoms with E-state index >= 15 is 0 Å². The molecule has 100 valence electrons. The van der Waals surface area contributed by atoms with Crippen LogP contribution in [0.2, 0.25) is 0 Å². The van der Waals surface area contributed by atoms with Crippen molar-refractivity contribution >= 4 is 5.82 Å². The van der Waals surface area contributed by atoms with Crippen molar-refractivity contribution in [2.45, 2.75) is 26.7 Å². The lowest BCUT2D eigenvalue weighted by molar-refractivity contribution is 0.423. The van der Waals surface area contributed by atoms with Gasteiger partial charge in [-0.1, -0.05) is 19.1 Å². The van der Waals surface area contributed by atoms with E-state index in [0.29, 0.717) is 23.6 Å². The molecule has 1 aromatic carbocycles. The minimum Gasteiger partial charge on any atom is -0.436 e. The van der Waals surface area contributed by atoms with Crippen LogP contribution in [-0.2, 0) is 6.42 Å². The normalized spacial score (nSPS) is 10.5. The summed E-state index contributed by atoms with van der Waals surface area (Å²) in [7, 11) is 0. The summed E-state index contributed by atoms with van der Waals surface area (Å²) in [5.41, 5.74) is 6.21. The highest BCUT2D eigenvalue weighted by atomic mass is 19.1. The summed E-state index contributed by atoms with van der Waals surface area (Å²) in [6, 6.07) is 6.45. The van der Waals surface area contributed by atoms with Crippen LogP contribution in [0, 0.1) is 12.7 Å². The maximum atomic E-state index is 13.8. The van der Waals surface area contributed by atoms with Crippen molar-refractivity contribution in [2.75, 3.05) is 5.73 Å². The molecule has 0 fully saturated rings. The van der Waals surface area contributed by atoms with Crippen molar-refractivity contribution in [3.63, 3.8) is 0 Å². The van der Waals surface area contributed by atoms with E-state index < -0.39 is 5.82 Å². The van der Waals surface area contributed by atoms with E-state index in [2.05, 4.69) is 9.97 Å². The summed E-state index contributed by atoms with van der Waals surface area (Å²) in [5.74, 6) is 0.935. The third kappa shape index (κ3) is 3.19. The highest BCUT2D eigenvalue weighted by Crippen LogP contribution is 2.25. The maximum Gasteiger partial charge on any atom is 0.224 e. The highest BCUT2D eigenvalue weighted by Gasteiger charge is 2.09. The molecule has 0 amide bonds. The van der Waals surface area contributed by atoms with E-state index in [1.807, 2.05) is 6.92 Å². The van der Waals surface area contributed by atoms with E-state index in [1.54, 1.807) is 25.1 Å². The first kappa shape index (κ1) is 13.3. The molecule has 4 nitrogen and oxygen atoms in total. The summed E-state index contributed by atoms with van der Waals surface area (Å²) in [6.07, 6.45) is 1.61. The van der Waals surface area contributed by atoms with Crippen molar-refractivity contribution in [3.8, 4) is 11.6 Å². The van der Waals surface area contributed by atoms with Gasteiger partial charge in [0.05, 0.1) is 0 Å². The molecule has 0 aliphatic heterocycles. The van der Waals surface area contributed by atoms with Crippen LogP contribution in [0.25, 0.3) is 0 Å². The Labute approximate surface area is 111 Å². The fraction of sp³-hybridized carbons (Fsp3) is 0.286. The predicted molar refractivity (Wildman–Crippen MR) is 71.7 cm³/mol. The summed E-state index contributed by atoms with van der Waals surface area (Å²) in [5, 5.41) is 0. The minimum absolute atomic E-state index is 0.139. The van der Waals surface area contributed by atoms with Crippen LogP contribution >= 0.6 is 0 Å². The smallest absolute Gasteiger partial charge is 0.224 e. The zero-order valence-corrected chi connectivity index (χ0v) is 11.0. The van der Waals surface area contributed by atoms with Gasteiger partial charge in [0.1, 0.15) is 11.6 Å². The average Bonchev–Trinajstić information content (AvgIpc) is 2.35. The van der Waals surface area contributed by atoms with Crippen LogP contribution in [0.3, 0.4) is 0 Å². The number of rotatable bonds is 4. The number of nitrogens with two attached hydrogens (primary N) is 1. The van der Waals surface area contributed by atoms with Crippen LogP contribution in [0.5, 0.6) is 11.6 Å². The number of hydrogen-bond donors (Lipinski definition) is 1. The molecule has 0 bridgehead atoms. The molecule has 1 aromatic heterocycles. The second-order valence-corrected chi connectivity index (χ2v) is 4.29. The number of hydrogen-bond acceptors (Lipinski definition) is 4. The third-order valence-electron chi connectivity index (χ3n) is 2.61. The van der Waals surface area contributed by atoms with Crippen LogP contribution in [0.15, 0.2) is 24.3 Å². The van der Waals surface area contributed by atoms with Gasteiger partial charge in [-0.15, -0.1) is 0 Å². The van der Waals surface area contributed by atoms with Crippen LogP contribution in [0.4, 0.5) is 10.2 Å². The predicted octanol–water partition coefficient (Wildman–Crippen LogP) is 3.25. The molecule has 5 heteroatoms. The molecule has 0 aliphatic carbocycles. The Morgan fingerprint density at radius 1 is 1.32 bits per heavy atom. The molecule has 0 atom stereocenters. The summed E-state index contributed by atoms with van der Waals surface area (Å²) in [4.78, 5) is 8.31. The first-order valence-corrected chi connectivity index (χ1v) is 6.16. The van der Waals surface area contributed by atoms with Gasteiger partial charge in [-0.25, -0.2) is 9.37 Å². The molecular weight excluding hydrogens is 245 g/mol. The number of benzene rings is 1. The molecule has 19 heavy (non-hydrogen) atoms. The number of aryl methyl sites for hydroxylation is 2. The molecule has 1 heterocycles. The molecule has 0 unspecified atom stereocenters.